The number of rotatable bonds is 5. The van der Waals surface area contributed by atoms with Gasteiger partial charge in [0.25, 0.3) is 0 Å². The fourth-order valence-corrected chi connectivity index (χ4v) is 1.89. The van der Waals surface area contributed by atoms with Gasteiger partial charge in [0.05, 0.1) is 13.5 Å². The Kier molecular flexibility index (Phi) is 4.55. The molecule has 0 aliphatic heterocycles. The Labute approximate surface area is 102 Å². The van der Waals surface area contributed by atoms with E-state index in [0.717, 1.165) is 16.9 Å². The van der Waals surface area contributed by atoms with Gasteiger partial charge in [-0.15, -0.1) is 0 Å². The highest BCUT2D eigenvalue weighted by molar-refractivity contribution is 5.68. The Bertz CT molecular complexity index is 396. The first-order valence-corrected chi connectivity index (χ1v) is 5.85. The van der Waals surface area contributed by atoms with Gasteiger partial charge in [0.1, 0.15) is 5.75 Å². The van der Waals surface area contributed by atoms with Crippen molar-refractivity contribution in [2.24, 2.45) is 0 Å². The molecule has 0 heterocycles. The Balaban J connectivity index is 3.03. The summed E-state index contributed by atoms with van der Waals surface area (Å²) in [5.41, 5.74) is 2.18. The van der Waals surface area contributed by atoms with E-state index in [0.29, 0.717) is 5.92 Å². The third-order valence-corrected chi connectivity index (χ3v) is 2.93. The van der Waals surface area contributed by atoms with Gasteiger partial charge < -0.3 is 9.84 Å². The number of carbonyl (C=O) groups is 1. The molecule has 0 radical (unpaired) electrons. The molecule has 0 bridgehead atoms. The first-order chi connectivity index (χ1) is 7.95. The van der Waals surface area contributed by atoms with Crippen molar-refractivity contribution in [1.29, 1.82) is 0 Å². The zero-order valence-electron chi connectivity index (χ0n) is 10.9. The SMILES string of the molecule is COc1ccc(C(C)CC(=O)O)cc1C(C)C. The molecule has 17 heavy (non-hydrogen) atoms. The first kappa shape index (κ1) is 13.6. The van der Waals surface area contributed by atoms with Crippen LogP contribution in [0.15, 0.2) is 18.2 Å². The van der Waals surface area contributed by atoms with Crippen molar-refractivity contribution in [3.05, 3.63) is 29.3 Å². The van der Waals surface area contributed by atoms with Crippen LogP contribution in [-0.2, 0) is 4.79 Å². The van der Waals surface area contributed by atoms with E-state index in [1.54, 1.807) is 7.11 Å². The molecular weight excluding hydrogens is 216 g/mol. The average molecular weight is 236 g/mol. The van der Waals surface area contributed by atoms with Crippen LogP contribution in [0.2, 0.25) is 0 Å². The van der Waals surface area contributed by atoms with Gasteiger partial charge in [0.15, 0.2) is 0 Å². The second kappa shape index (κ2) is 5.71. The highest BCUT2D eigenvalue weighted by Gasteiger charge is 2.14. The smallest absolute Gasteiger partial charge is 0.303 e. The topological polar surface area (TPSA) is 46.5 Å². The van der Waals surface area contributed by atoms with Crippen LogP contribution in [0, 0.1) is 0 Å². The molecule has 1 unspecified atom stereocenters. The predicted octanol–water partition coefficient (Wildman–Crippen LogP) is 3.40. The Morgan fingerprint density at radius 3 is 2.47 bits per heavy atom. The summed E-state index contributed by atoms with van der Waals surface area (Å²) in [6.07, 6.45) is 0.157. The first-order valence-electron chi connectivity index (χ1n) is 5.85. The van der Waals surface area contributed by atoms with Crippen LogP contribution in [0.5, 0.6) is 5.75 Å². The minimum Gasteiger partial charge on any atom is -0.496 e. The van der Waals surface area contributed by atoms with Crippen molar-refractivity contribution in [3.63, 3.8) is 0 Å². The van der Waals surface area contributed by atoms with Crippen molar-refractivity contribution >= 4 is 5.97 Å². The van der Waals surface area contributed by atoms with E-state index in [1.807, 2.05) is 19.1 Å². The highest BCUT2D eigenvalue weighted by atomic mass is 16.5. The summed E-state index contributed by atoms with van der Waals surface area (Å²) in [6, 6.07) is 5.92. The zero-order chi connectivity index (χ0) is 13.0. The van der Waals surface area contributed by atoms with Crippen LogP contribution in [0.3, 0.4) is 0 Å². The van der Waals surface area contributed by atoms with Crippen LogP contribution in [0.25, 0.3) is 0 Å². The van der Waals surface area contributed by atoms with Crippen molar-refractivity contribution < 1.29 is 14.6 Å². The fourth-order valence-electron chi connectivity index (χ4n) is 1.89. The van der Waals surface area contributed by atoms with E-state index in [4.69, 9.17) is 9.84 Å². The maximum Gasteiger partial charge on any atom is 0.303 e. The lowest BCUT2D eigenvalue weighted by Gasteiger charge is -2.16. The van der Waals surface area contributed by atoms with Crippen LogP contribution in [0.4, 0.5) is 0 Å². The average Bonchev–Trinajstić information content (AvgIpc) is 2.27. The summed E-state index contributed by atoms with van der Waals surface area (Å²) in [6.45, 7) is 6.13. The number of hydrogen-bond acceptors (Lipinski definition) is 2. The van der Waals surface area contributed by atoms with E-state index >= 15 is 0 Å². The molecule has 1 N–H and O–H groups in total. The van der Waals surface area contributed by atoms with E-state index in [1.165, 1.54) is 0 Å². The molecular formula is C14H20O3. The van der Waals surface area contributed by atoms with Gasteiger partial charge in [-0.25, -0.2) is 0 Å². The number of aliphatic carboxylic acids is 1. The molecule has 94 valence electrons. The van der Waals surface area contributed by atoms with E-state index in [-0.39, 0.29) is 12.3 Å². The maximum absolute atomic E-state index is 10.7. The lowest BCUT2D eigenvalue weighted by atomic mass is 9.92. The summed E-state index contributed by atoms with van der Waals surface area (Å²) in [4.78, 5) is 10.7. The number of methoxy groups -OCH3 is 1. The second-order valence-electron chi connectivity index (χ2n) is 4.65. The predicted molar refractivity (Wildman–Crippen MR) is 67.8 cm³/mol. The Hall–Kier alpha value is -1.51. The second-order valence-corrected chi connectivity index (χ2v) is 4.65. The Morgan fingerprint density at radius 1 is 1.35 bits per heavy atom. The summed E-state index contributed by atoms with van der Waals surface area (Å²) in [5, 5.41) is 8.80. The molecule has 0 fully saturated rings. The van der Waals surface area contributed by atoms with E-state index in [2.05, 4.69) is 19.9 Å². The standard InChI is InChI=1S/C14H20O3/c1-9(2)12-8-11(5-6-13(12)17-4)10(3)7-14(15)16/h5-6,8-10H,7H2,1-4H3,(H,15,16). The summed E-state index contributed by atoms with van der Waals surface area (Å²) in [5.74, 6) is 0.489. The lowest BCUT2D eigenvalue weighted by molar-refractivity contribution is -0.137. The largest absolute Gasteiger partial charge is 0.496 e. The number of ether oxygens (including phenoxy) is 1. The molecule has 0 spiro atoms. The van der Waals surface area contributed by atoms with Crippen molar-refractivity contribution in [1.82, 2.24) is 0 Å². The van der Waals surface area contributed by atoms with E-state index in [9.17, 15) is 4.79 Å². The molecule has 3 heteroatoms. The van der Waals surface area contributed by atoms with Crippen LogP contribution in [0.1, 0.15) is 50.2 Å². The van der Waals surface area contributed by atoms with Gasteiger partial charge >= 0.3 is 5.97 Å². The molecule has 3 nitrogen and oxygen atoms in total. The molecule has 1 aromatic carbocycles. The number of carboxylic acids is 1. The number of benzene rings is 1. The normalized spacial score (nSPS) is 12.5. The minimum absolute atomic E-state index is 0.0240. The van der Waals surface area contributed by atoms with Gasteiger partial charge in [0, 0.05) is 0 Å². The summed E-state index contributed by atoms with van der Waals surface area (Å²) < 4.78 is 5.31. The minimum atomic E-state index is -0.764. The van der Waals surface area contributed by atoms with Crippen LogP contribution < -0.4 is 4.74 Å². The van der Waals surface area contributed by atoms with Gasteiger partial charge in [-0.2, -0.15) is 0 Å². The zero-order valence-corrected chi connectivity index (χ0v) is 10.9. The molecule has 0 aliphatic carbocycles. The van der Waals surface area contributed by atoms with Crippen molar-refractivity contribution in [2.45, 2.75) is 39.0 Å². The molecule has 0 aromatic heterocycles. The highest BCUT2D eigenvalue weighted by Crippen LogP contribution is 2.30. The van der Waals surface area contributed by atoms with Gasteiger partial charge in [-0.3, -0.25) is 4.79 Å². The Morgan fingerprint density at radius 2 is 2.00 bits per heavy atom. The number of carboxylic acid groups (broad SMARTS) is 1. The monoisotopic (exact) mass is 236 g/mol. The molecule has 0 aliphatic rings. The molecule has 0 saturated carbocycles. The van der Waals surface area contributed by atoms with Crippen LogP contribution >= 0.6 is 0 Å². The molecule has 0 saturated heterocycles. The van der Waals surface area contributed by atoms with Gasteiger partial charge in [-0.05, 0) is 29.0 Å². The fraction of sp³-hybridized carbons (Fsp3) is 0.500. The van der Waals surface area contributed by atoms with Crippen molar-refractivity contribution in [2.75, 3.05) is 7.11 Å². The molecule has 1 rings (SSSR count). The maximum atomic E-state index is 10.7. The molecule has 1 aromatic rings. The third kappa shape index (κ3) is 3.48. The van der Waals surface area contributed by atoms with Crippen LogP contribution in [-0.4, -0.2) is 18.2 Å². The summed E-state index contributed by atoms with van der Waals surface area (Å²) >= 11 is 0. The van der Waals surface area contributed by atoms with Gasteiger partial charge in [0.2, 0.25) is 0 Å². The molecule has 1 atom stereocenters. The quantitative estimate of drug-likeness (QED) is 0.852. The lowest BCUT2D eigenvalue weighted by Crippen LogP contribution is -2.04. The summed E-state index contributed by atoms with van der Waals surface area (Å²) in [7, 11) is 1.65. The number of hydrogen-bond donors (Lipinski definition) is 1. The van der Waals surface area contributed by atoms with Crippen molar-refractivity contribution in [3.8, 4) is 5.75 Å². The van der Waals surface area contributed by atoms with Gasteiger partial charge in [-0.1, -0.05) is 32.9 Å². The third-order valence-electron chi connectivity index (χ3n) is 2.93. The molecule has 0 amide bonds. The van der Waals surface area contributed by atoms with E-state index < -0.39 is 5.97 Å².